The minimum absolute atomic E-state index is 0.169. The molecule has 116 valence electrons. The third-order valence-electron chi connectivity index (χ3n) is 4.00. The van der Waals surface area contributed by atoms with Crippen LogP contribution in [0.4, 0.5) is 0 Å². The summed E-state index contributed by atoms with van der Waals surface area (Å²) in [5.74, 6) is 0.615. The summed E-state index contributed by atoms with van der Waals surface area (Å²) in [6.45, 7) is 3.05. The molecule has 3 rings (SSSR count). The molecule has 2 heterocycles. The second-order valence-corrected chi connectivity index (χ2v) is 6.69. The van der Waals surface area contributed by atoms with Gasteiger partial charge in [-0.3, -0.25) is 4.79 Å². The van der Waals surface area contributed by atoms with E-state index in [1.165, 1.54) is 16.9 Å². The first-order valence-corrected chi connectivity index (χ1v) is 8.65. The Hall–Kier alpha value is -1.65. The molecule has 0 saturated carbocycles. The Kier molecular flexibility index (Phi) is 5.24. The van der Waals surface area contributed by atoms with Gasteiger partial charge in [-0.15, -0.1) is 11.3 Å². The number of benzene rings is 1. The number of carbonyl (C=O) groups is 1. The van der Waals surface area contributed by atoms with Gasteiger partial charge in [-0.05, 0) is 35.8 Å². The van der Waals surface area contributed by atoms with Crippen LogP contribution in [0.2, 0.25) is 0 Å². The van der Waals surface area contributed by atoms with E-state index in [2.05, 4.69) is 12.1 Å². The first-order chi connectivity index (χ1) is 10.8. The van der Waals surface area contributed by atoms with Crippen molar-refractivity contribution < 1.29 is 9.53 Å². The molecule has 0 aliphatic carbocycles. The fourth-order valence-corrected chi connectivity index (χ4v) is 3.55. The number of rotatable bonds is 5. The van der Waals surface area contributed by atoms with E-state index in [4.69, 9.17) is 4.74 Å². The van der Waals surface area contributed by atoms with Crippen LogP contribution in [-0.4, -0.2) is 30.5 Å². The lowest BCUT2D eigenvalue weighted by molar-refractivity contribution is 0.0428. The number of thiophene rings is 1. The average molecular weight is 315 g/mol. The van der Waals surface area contributed by atoms with Crippen molar-refractivity contribution in [2.24, 2.45) is 5.92 Å². The largest absolute Gasteiger partial charge is 0.376 e. The van der Waals surface area contributed by atoms with Crippen LogP contribution >= 0.6 is 11.3 Å². The molecular weight excluding hydrogens is 294 g/mol. The van der Waals surface area contributed by atoms with Gasteiger partial charge in [0.1, 0.15) is 0 Å². The third kappa shape index (κ3) is 3.96. The van der Waals surface area contributed by atoms with E-state index >= 15 is 0 Å². The van der Waals surface area contributed by atoms with E-state index < -0.39 is 0 Å². The summed E-state index contributed by atoms with van der Waals surface area (Å²) in [6.07, 6.45) is 2.21. The van der Waals surface area contributed by atoms with Crippen molar-refractivity contribution >= 4 is 17.2 Å². The summed E-state index contributed by atoms with van der Waals surface area (Å²) in [5, 5.41) is 1.96. The maximum Gasteiger partial charge on any atom is 0.263 e. The fraction of sp³-hybridized carbons (Fsp3) is 0.389. The van der Waals surface area contributed by atoms with Gasteiger partial charge in [0.05, 0.1) is 18.1 Å². The van der Waals surface area contributed by atoms with Crippen molar-refractivity contribution in [3.63, 3.8) is 0 Å². The van der Waals surface area contributed by atoms with E-state index in [1.807, 2.05) is 40.6 Å². The Morgan fingerprint density at radius 2 is 2.09 bits per heavy atom. The van der Waals surface area contributed by atoms with Crippen LogP contribution in [0.3, 0.4) is 0 Å². The summed E-state index contributed by atoms with van der Waals surface area (Å²) in [5.41, 5.74) is 1.20. The lowest BCUT2D eigenvalue weighted by Crippen LogP contribution is -2.40. The SMILES string of the molecule is O=C(c1cccs1)N1CCC[C@@H](COCc2ccccc2)C1. The van der Waals surface area contributed by atoms with Crippen molar-refractivity contribution in [1.29, 1.82) is 0 Å². The molecule has 0 bridgehead atoms. The molecule has 1 aromatic carbocycles. The molecule has 1 atom stereocenters. The predicted octanol–water partition coefficient (Wildman–Crippen LogP) is 3.82. The van der Waals surface area contributed by atoms with Crippen LogP contribution in [-0.2, 0) is 11.3 Å². The van der Waals surface area contributed by atoms with Gasteiger partial charge in [-0.2, -0.15) is 0 Å². The summed E-state index contributed by atoms with van der Waals surface area (Å²) >= 11 is 1.52. The number of hydrogen-bond donors (Lipinski definition) is 0. The average Bonchev–Trinajstić information content (AvgIpc) is 3.10. The minimum Gasteiger partial charge on any atom is -0.376 e. The number of amides is 1. The maximum absolute atomic E-state index is 12.4. The Balaban J connectivity index is 1.47. The van der Waals surface area contributed by atoms with Gasteiger partial charge in [-0.1, -0.05) is 36.4 Å². The number of carbonyl (C=O) groups excluding carboxylic acids is 1. The number of likely N-dealkylation sites (tertiary alicyclic amines) is 1. The molecule has 1 amide bonds. The molecule has 0 spiro atoms. The van der Waals surface area contributed by atoms with Crippen LogP contribution in [0.5, 0.6) is 0 Å². The smallest absolute Gasteiger partial charge is 0.263 e. The van der Waals surface area contributed by atoms with Gasteiger partial charge in [0.25, 0.3) is 5.91 Å². The van der Waals surface area contributed by atoms with Crippen molar-refractivity contribution in [2.75, 3.05) is 19.7 Å². The molecule has 0 N–H and O–H groups in total. The normalized spacial score (nSPS) is 18.4. The molecule has 2 aromatic rings. The van der Waals surface area contributed by atoms with Crippen molar-refractivity contribution in [2.45, 2.75) is 19.4 Å². The zero-order valence-electron chi connectivity index (χ0n) is 12.6. The molecule has 1 saturated heterocycles. The molecule has 1 aromatic heterocycles. The third-order valence-corrected chi connectivity index (χ3v) is 4.86. The Bertz CT molecular complexity index is 582. The van der Waals surface area contributed by atoms with E-state index in [0.29, 0.717) is 12.5 Å². The second kappa shape index (κ2) is 7.56. The zero-order chi connectivity index (χ0) is 15.2. The van der Waals surface area contributed by atoms with Crippen LogP contribution in [0.15, 0.2) is 47.8 Å². The zero-order valence-corrected chi connectivity index (χ0v) is 13.4. The quantitative estimate of drug-likeness (QED) is 0.839. The lowest BCUT2D eigenvalue weighted by Gasteiger charge is -2.32. The highest BCUT2D eigenvalue weighted by Gasteiger charge is 2.25. The Morgan fingerprint density at radius 3 is 2.86 bits per heavy atom. The highest BCUT2D eigenvalue weighted by atomic mass is 32.1. The number of ether oxygens (including phenoxy) is 1. The summed E-state index contributed by atoms with van der Waals surface area (Å²) < 4.78 is 5.84. The Labute approximate surface area is 135 Å². The van der Waals surface area contributed by atoms with E-state index in [9.17, 15) is 4.79 Å². The number of piperidine rings is 1. The number of hydrogen-bond acceptors (Lipinski definition) is 3. The van der Waals surface area contributed by atoms with Crippen LogP contribution in [0, 0.1) is 5.92 Å². The Morgan fingerprint density at radius 1 is 1.23 bits per heavy atom. The molecular formula is C18H21NO2S. The molecule has 1 aliphatic heterocycles. The first kappa shape index (κ1) is 15.3. The van der Waals surface area contributed by atoms with E-state index in [-0.39, 0.29) is 5.91 Å². The molecule has 1 aliphatic rings. The minimum atomic E-state index is 0.169. The highest BCUT2D eigenvalue weighted by molar-refractivity contribution is 7.12. The van der Waals surface area contributed by atoms with Gasteiger partial charge in [0.15, 0.2) is 0 Å². The fourth-order valence-electron chi connectivity index (χ4n) is 2.86. The van der Waals surface area contributed by atoms with Crippen molar-refractivity contribution in [3.05, 3.63) is 58.3 Å². The van der Waals surface area contributed by atoms with Crippen molar-refractivity contribution in [3.8, 4) is 0 Å². The molecule has 3 nitrogen and oxygen atoms in total. The molecule has 4 heteroatoms. The van der Waals surface area contributed by atoms with Gasteiger partial charge >= 0.3 is 0 Å². The molecule has 1 fully saturated rings. The lowest BCUT2D eigenvalue weighted by atomic mass is 9.99. The van der Waals surface area contributed by atoms with Gasteiger partial charge in [0.2, 0.25) is 0 Å². The summed E-state index contributed by atoms with van der Waals surface area (Å²) in [6, 6.07) is 14.1. The molecule has 0 unspecified atom stereocenters. The number of nitrogens with zero attached hydrogens (tertiary/aromatic N) is 1. The van der Waals surface area contributed by atoms with E-state index in [1.54, 1.807) is 0 Å². The van der Waals surface area contributed by atoms with Crippen LogP contribution < -0.4 is 0 Å². The van der Waals surface area contributed by atoms with Crippen LogP contribution in [0.25, 0.3) is 0 Å². The highest BCUT2D eigenvalue weighted by Crippen LogP contribution is 2.21. The predicted molar refractivity (Wildman–Crippen MR) is 89.0 cm³/mol. The van der Waals surface area contributed by atoms with Crippen molar-refractivity contribution in [1.82, 2.24) is 4.90 Å². The van der Waals surface area contributed by atoms with Gasteiger partial charge < -0.3 is 9.64 Å². The van der Waals surface area contributed by atoms with E-state index in [0.717, 1.165) is 37.4 Å². The second-order valence-electron chi connectivity index (χ2n) is 5.74. The topological polar surface area (TPSA) is 29.5 Å². The summed E-state index contributed by atoms with van der Waals surface area (Å²) in [7, 11) is 0. The molecule has 22 heavy (non-hydrogen) atoms. The van der Waals surface area contributed by atoms with Crippen LogP contribution in [0.1, 0.15) is 28.1 Å². The maximum atomic E-state index is 12.4. The first-order valence-electron chi connectivity index (χ1n) is 7.77. The van der Waals surface area contributed by atoms with Gasteiger partial charge in [0, 0.05) is 13.1 Å². The van der Waals surface area contributed by atoms with Gasteiger partial charge in [-0.25, -0.2) is 0 Å². The summed E-state index contributed by atoms with van der Waals surface area (Å²) in [4.78, 5) is 15.2. The monoisotopic (exact) mass is 315 g/mol. The molecule has 0 radical (unpaired) electrons. The standard InChI is InChI=1S/C18H21NO2S/c20-18(17-9-5-11-22-17)19-10-4-8-16(12-19)14-21-13-15-6-2-1-3-7-15/h1-3,5-7,9,11,16H,4,8,10,12-14H2/t16-/m1/s1.